The van der Waals surface area contributed by atoms with Crippen molar-refractivity contribution in [2.45, 2.75) is 128 Å². The van der Waals surface area contributed by atoms with Crippen LogP contribution >= 0.6 is 101 Å². The number of rotatable bonds is 20. The van der Waals surface area contributed by atoms with E-state index in [9.17, 15) is 52.8 Å². The molecule has 3 saturated heterocycles. The number of likely N-dealkylation sites (N-methyl/N-ethyl adjacent to an activating group) is 3. The predicted molar refractivity (Wildman–Crippen MR) is 411 cm³/mol. The number of aryl methyl sites for hydroxylation is 2. The molecule has 3 fully saturated rings. The molecule has 6 N–H and O–H groups in total. The van der Waals surface area contributed by atoms with E-state index in [0.717, 1.165) is 63.9 Å². The van der Waals surface area contributed by atoms with Crippen LogP contribution in [0.3, 0.4) is 0 Å². The number of hydrogen-bond donors (Lipinski definition) is 6. The van der Waals surface area contributed by atoms with Gasteiger partial charge in [-0.3, -0.25) is 14.4 Å². The Hall–Kier alpha value is -4.38. The zero-order valence-electron chi connectivity index (χ0n) is 56.7. The Morgan fingerprint density at radius 2 is 0.843 bits per heavy atom. The summed E-state index contributed by atoms with van der Waals surface area (Å²) in [5, 5.41) is 7.42. The Labute approximate surface area is 641 Å². The molecular formula is C65H79Br2Cl3F3N13O9S6Sn. The van der Waals surface area contributed by atoms with Crippen LogP contribution in [-0.2, 0) is 59.1 Å². The number of hydrogen-bond acceptors (Lipinski definition) is 14. The molecule has 3 aliphatic heterocycles. The number of carbonyl (C=O) groups excluding carboxylic acids is 3. The molecule has 8 heterocycles. The Bertz CT molecular complexity index is 4420. The van der Waals surface area contributed by atoms with Crippen LogP contribution in [0, 0.1) is 17.5 Å². The average Bonchev–Trinajstić information content (AvgIpc) is 1.14. The van der Waals surface area contributed by atoms with E-state index in [-0.39, 0.29) is 40.0 Å². The molecule has 102 heavy (non-hydrogen) atoms. The van der Waals surface area contributed by atoms with Crippen LogP contribution in [0.25, 0.3) is 10.6 Å². The van der Waals surface area contributed by atoms with Crippen molar-refractivity contribution in [3.63, 3.8) is 0 Å². The Morgan fingerprint density at radius 3 is 1.14 bits per heavy atom. The van der Waals surface area contributed by atoms with Crippen LogP contribution in [-0.4, -0.2) is 133 Å². The molecule has 0 unspecified atom stereocenters. The third-order valence-corrected chi connectivity index (χ3v) is 42.7. The first-order chi connectivity index (χ1) is 48.2. The fraction of sp³-hybridized carbons (Fsp3) is 0.400. The van der Waals surface area contributed by atoms with E-state index in [2.05, 4.69) is 106 Å². The molecular weight excluding hydrogens is 1740 g/mol. The molecule has 8 aromatic rings. The van der Waals surface area contributed by atoms with E-state index >= 15 is 0 Å². The average molecular weight is 1820 g/mol. The Morgan fingerprint density at radius 1 is 0.510 bits per heavy atom. The van der Waals surface area contributed by atoms with Crippen LogP contribution in [0.5, 0.6) is 0 Å². The minimum Gasteiger partial charge on any atom is -0.340 e. The molecule has 0 saturated carbocycles. The van der Waals surface area contributed by atoms with Crippen LogP contribution in [0.1, 0.15) is 111 Å². The third kappa shape index (κ3) is 21.9. The van der Waals surface area contributed by atoms with E-state index in [1.165, 1.54) is 143 Å². The van der Waals surface area contributed by atoms with Gasteiger partial charge in [0, 0.05) is 66.1 Å². The number of nitrogens with zero attached hydrogens (tertiary/aromatic N) is 7. The summed E-state index contributed by atoms with van der Waals surface area (Å²) in [6, 6.07) is 17.9. The summed E-state index contributed by atoms with van der Waals surface area (Å²) in [5.74, 6) is -3.37. The smallest absolute Gasteiger partial charge is 0.280 e. The van der Waals surface area contributed by atoms with Gasteiger partial charge in [-0.1, -0.05) is 34.8 Å². The molecule has 0 spiro atoms. The Balaban J connectivity index is 0.000000175. The molecule has 3 aromatic carbocycles. The zero-order chi connectivity index (χ0) is 74.6. The van der Waals surface area contributed by atoms with Gasteiger partial charge in [0.1, 0.15) is 35.6 Å². The fourth-order valence-electron chi connectivity index (χ4n) is 11.5. The second-order valence-electron chi connectivity index (χ2n) is 24.6. The summed E-state index contributed by atoms with van der Waals surface area (Å²) in [4.78, 5) is 50.6. The standard InChI is InChI=1S/C19H19ClFN5O3S2.2C15H14BrClFN3O3S2.C4H5N2.3C4H9.Sn/c1-25-9-15(22-10-25)18-6-5-17(30-18)14-8-16(26(2)31(28,29)24-14)19(27)23-11-3-4-13(21)12(20)7-11;2*1-21-12(15(22)19-8-2-3-10(18)9(17)6-8)7-11(20-26(21,23)24)13-4-5-14(16)25-13;1-6-3-2-5-4-6;3*1-3-4-2;/h3-7,9-10,14,16,24H,8H2,1-2H3,(H,23,27);2*2-6,11-12,20H,7H2,1H3,(H,19,22);3-4H,1H3;3*1,3-4H2,2H3;/t14-,16-;11-,12+;11-,12-;;;;;/m111...../s1. The topological polar surface area (TPSA) is 271 Å². The number of anilines is 3. The number of imidazole rings is 2. The van der Waals surface area contributed by atoms with Crippen molar-refractivity contribution in [1.29, 1.82) is 0 Å². The molecule has 0 aliphatic carbocycles. The SMILES string of the molecule is CCC[CH2][Sn]([CH2]CCC)([CH2]CCC)[c]1cn(C)cn1.CN1[C@@H](C(=O)Nc2ccc(F)c(Cl)c2)C[C@H](c2ccc(-c3cn(C)cn3)s2)NS1(=O)=O.CN1[C@@H](C(=O)Nc2ccc(F)c(Cl)c2)C[C@H](c2ccc(Br)s2)NS1(=O)=O.CN1[C@H](C(=O)Nc2ccc(F)c(Cl)c2)C[C@H](c2ccc(Br)s2)NS1(=O)=O. The van der Waals surface area contributed by atoms with E-state index in [4.69, 9.17) is 39.8 Å². The minimum atomic E-state index is -3.89. The van der Waals surface area contributed by atoms with Crippen molar-refractivity contribution in [1.82, 2.24) is 46.2 Å². The van der Waals surface area contributed by atoms with Crippen molar-refractivity contribution in [2.24, 2.45) is 14.1 Å². The molecule has 6 atom stereocenters. The molecule has 11 rings (SSSR count). The second kappa shape index (κ2) is 37.0. The number of thiophene rings is 3. The largest absolute Gasteiger partial charge is 0.340 e. The maximum Gasteiger partial charge on any atom is 0.280 e. The van der Waals surface area contributed by atoms with Crippen molar-refractivity contribution >= 4 is 188 Å². The van der Waals surface area contributed by atoms with Crippen LogP contribution in [0.2, 0.25) is 28.4 Å². The van der Waals surface area contributed by atoms with E-state index in [0.29, 0.717) is 11.4 Å². The molecule has 3 amide bonds. The third-order valence-electron chi connectivity index (χ3n) is 17.3. The maximum absolute atomic E-state index is 13.4. The van der Waals surface area contributed by atoms with Gasteiger partial charge in [0.15, 0.2) is 0 Å². The molecule has 0 radical (unpaired) electrons. The number of aromatic nitrogens is 4. The second-order valence-corrected chi connectivity index (χ2v) is 50.3. The summed E-state index contributed by atoms with van der Waals surface area (Å²) in [6.45, 7) is 6.98. The van der Waals surface area contributed by atoms with Gasteiger partial charge in [0.2, 0.25) is 17.7 Å². The molecule has 22 nitrogen and oxygen atoms in total. The van der Waals surface area contributed by atoms with E-state index in [1.807, 2.05) is 60.5 Å². The maximum atomic E-state index is 13.4. The zero-order valence-corrected chi connectivity index (χ0v) is 69.9. The normalized spacial score (nSPS) is 20.4. The molecule has 37 heteroatoms. The van der Waals surface area contributed by atoms with Crippen molar-refractivity contribution < 1.29 is 52.8 Å². The molecule has 554 valence electrons. The summed E-state index contributed by atoms with van der Waals surface area (Å²) in [5.41, 5.74) is 1.66. The van der Waals surface area contributed by atoms with Crippen molar-refractivity contribution in [2.75, 3.05) is 37.1 Å². The summed E-state index contributed by atoms with van der Waals surface area (Å²) >= 11 is 25.9. The van der Waals surface area contributed by atoms with Gasteiger partial charge < -0.3 is 20.5 Å². The number of amides is 3. The van der Waals surface area contributed by atoms with Gasteiger partial charge in [-0.05, 0) is 142 Å². The first kappa shape index (κ1) is 83.3. The van der Waals surface area contributed by atoms with Crippen molar-refractivity contribution in [3.8, 4) is 10.6 Å². The number of nitrogens with one attached hydrogen (secondary N) is 6. The van der Waals surface area contributed by atoms with E-state index in [1.54, 1.807) is 10.0 Å². The van der Waals surface area contributed by atoms with Gasteiger partial charge in [-0.2, -0.15) is 52.3 Å². The fourth-order valence-corrected chi connectivity index (χ4v) is 35.6. The minimum absolute atomic E-state index is 0.129. The Kier molecular flexibility index (Phi) is 30.2. The monoisotopic (exact) mass is 1820 g/mol. The van der Waals surface area contributed by atoms with Gasteiger partial charge >= 0.3 is 124 Å². The number of unbranched alkanes of at least 4 members (excludes halogenated alkanes) is 3. The van der Waals surface area contributed by atoms with Crippen LogP contribution in [0.15, 0.2) is 124 Å². The van der Waals surface area contributed by atoms with Crippen LogP contribution in [0.4, 0.5) is 30.2 Å². The van der Waals surface area contributed by atoms with Crippen LogP contribution < -0.4 is 33.8 Å². The van der Waals surface area contributed by atoms with E-state index < -0.39 is 120 Å². The number of benzene rings is 3. The van der Waals surface area contributed by atoms with Gasteiger partial charge in [-0.15, -0.1) is 34.0 Å². The number of carbonyl (C=O) groups is 3. The van der Waals surface area contributed by atoms with Crippen molar-refractivity contribution in [3.05, 3.63) is 171 Å². The first-order valence-electron chi connectivity index (χ1n) is 32.3. The van der Waals surface area contributed by atoms with Gasteiger partial charge in [0.25, 0.3) is 30.6 Å². The summed E-state index contributed by atoms with van der Waals surface area (Å²) in [7, 11) is -3.53. The molecule has 5 aromatic heterocycles. The van der Waals surface area contributed by atoms with Gasteiger partial charge in [0.05, 0.1) is 57.7 Å². The summed E-state index contributed by atoms with van der Waals surface area (Å²) in [6.07, 6.45) is 16.9. The molecule has 0 bridgehead atoms. The summed E-state index contributed by atoms with van der Waals surface area (Å²) < 4.78 is 137. The van der Waals surface area contributed by atoms with Gasteiger partial charge in [-0.25, -0.2) is 18.2 Å². The predicted octanol–water partition coefficient (Wildman–Crippen LogP) is 14.7. The quantitative estimate of drug-likeness (QED) is 0.0391. The first-order valence-corrected chi connectivity index (χ1v) is 49.2. The number of halogens is 8. The molecule has 3 aliphatic rings.